The van der Waals surface area contributed by atoms with E-state index in [0.717, 1.165) is 11.3 Å². The highest BCUT2D eigenvalue weighted by molar-refractivity contribution is 6.01. The lowest BCUT2D eigenvalue weighted by atomic mass is 10.1. The van der Waals surface area contributed by atoms with Crippen molar-refractivity contribution in [3.05, 3.63) is 43.1 Å². The number of nitrogen functional groups attached to an aromatic ring is 1. The zero-order valence-electron chi connectivity index (χ0n) is 10.1. The second kappa shape index (κ2) is 4.75. The van der Waals surface area contributed by atoms with Gasteiger partial charge in [0.05, 0.1) is 17.1 Å². The van der Waals surface area contributed by atoms with Crippen LogP contribution in [0.3, 0.4) is 0 Å². The number of benzene rings is 1. The van der Waals surface area contributed by atoms with Crippen molar-refractivity contribution in [2.24, 2.45) is 7.05 Å². The van der Waals surface area contributed by atoms with E-state index in [9.17, 15) is 4.79 Å². The smallest absolute Gasteiger partial charge is 0.247 e. The number of nitrogens with two attached hydrogens (primary N) is 1. The molecule has 0 aliphatic carbocycles. The van der Waals surface area contributed by atoms with E-state index < -0.39 is 0 Å². The molecule has 5 heteroatoms. The summed E-state index contributed by atoms with van der Waals surface area (Å²) in [5.74, 6) is -0.292. The van der Waals surface area contributed by atoms with E-state index in [4.69, 9.17) is 5.73 Å². The Balaban J connectivity index is 2.37. The molecule has 0 saturated carbocycles. The van der Waals surface area contributed by atoms with E-state index >= 15 is 0 Å². The van der Waals surface area contributed by atoms with Crippen molar-refractivity contribution in [3.8, 4) is 11.3 Å². The van der Waals surface area contributed by atoms with Crippen LogP contribution in [0.1, 0.15) is 0 Å². The fraction of sp³-hybridized carbons (Fsp3) is 0.0769. The Kier molecular flexibility index (Phi) is 3.14. The molecule has 0 radical (unpaired) electrons. The van der Waals surface area contributed by atoms with Crippen LogP contribution in [0.2, 0.25) is 0 Å². The lowest BCUT2D eigenvalue weighted by Crippen LogP contribution is -2.09. The third kappa shape index (κ3) is 2.40. The molecule has 0 atom stereocenters. The van der Waals surface area contributed by atoms with Gasteiger partial charge in [-0.1, -0.05) is 12.6 Å². The Labute approximate surface area is 105 Å². The van der Waals surface area contributed by atoms with E-state index in [1.807, 2.05) is 25.4 Å². The van der Waals surface area contributed by atoms with Gasteiger partial charge < -0.3 is 11.1 Å². The van der Waals surface area contributed by atoms with Crippen molar-refractivity contribution in [1.82, 2.24) is 9.78 Å². The van der Waals surface area contributed by atoms with Crippen LogP contribution in [0.25, 0.3) is 11.3 Å². The first kappa shape index (κ1) is 11.9. The Morgan fingerprint density at radius 1 is 1.50 bits per heavy atom. The van der Waals surface area contributed by atoms with Crippen LogP contribution in [0, 0.1) is 0 Å². The quantitative estimate of drug-likeness (QED) is 0.636. The highest BCUT2D eigenvalue weighted by atomic mass is 16.1. The van der Waals surface area contributed by atoms with Crippen LogP contribution in [0.15, 0.2) is 43.1 Å². The third-order valence-corrected chi connectivity index (χ3v) is 2.51. The number of carbonyl (C=O) groups excluding carboxylic acids is 1. The molecule has 2 rings (SSSR count). The maximum Gasteiger partial charge on any atom is 0.247 e. The zero-order chi connectivity index (χ0) is 13.1. The molecule has 0 fully saturated rings. The number of anilines is 2. The Hall–Kier alpha value is -2.56. The molecule has 3 N–H and O–H groups in total. The molecule has 0 bridgehead atoms. The SMILES string of the molecule is C=CC(=O)Nc1cc(-c2ccn(C)n2)ccc1N. The average molecular weight is 242 g/mol. The van der Waals surface area contributed by atoms with Crippen LogP contribution in [0.4, 0.5) is 11.4 Å². The number of carbonyl (C=O) groups is 1. The molecule has 1 heterocycles. The summed E-state index contributed by atoms with van der Waals surface area (Å²) >= 11 is 0. The average Bonchev–Trinajstić information content (AvgIpc) is 2.78. The molecule has 1 amide bonds. The van der Waals surface area contributed by atoms with E-state index in [1.54, 1.807) is 16.8 Å². The van der Waals surface area contributed by atoms with Crippen molar-refractivity contribution < 1.29 is 4.79 Å². The molecule has 0 spiro atoms. The number of aryl methyl sites for hydroxylation is 1. The summed E-state index contributed by atoms with van der Waals surface area (Å²) in [4.78, 5) is 11.3. The maximum atomic E-state index is 11.3. The second-order valence-electron chi connectivity index (χ2n) is 3.87. The predicted molar refractivity (Wildman–Crippen MR) is 71.9 cm³/mol. The summed E-state index contributed by atoms with van der Waals surface area (Å²) in [6, 6.07) is 7.29. The van der Waals surface area contributed by atoms with Gasteiger partial charge in [-0.15, -0.1) is 0 Å². The number of rotatable bonds is 3. The highest BCUT2D eigenvalue weighted by Gasteiger charge is 2.06. The van der Waals surface area contributed by atoms with Crippen LogP contribution in [-0.2, 0) is 11.8 Å². The topological polar surface area (TPSA) is 72.9 Å². The highest BCUT2D eigenvalue weighted by Crippen LogP contribution is 2.26. The number of amides is 1. The number of aromatic nitrogens is 2. The molecule has 2 aromatic rings. The van der Waals surface area contributed by atoms with Crippen LogP contribution < -0.4 is 11.1 Å². The van der Waals surface area contributed by atoms with Gasteiger partial charge in [0.1, 0.15) is 0 Å². The van der Waals surface area contributed by atoms with E-state index in [0.29, 0.717) is 11.4 Å². The summed E-state index contributed by atoms with van der Waals surface area (Å²) in [7, 11) is 1.85. The van der Waals surface area contributed by atoms with Gasteiger partial charge in [-0.3, -0.25) is 9.48 Å². The molecule has 92 valence electrons. The first-order valence-electron chi connectivity index (χ1n) is 5.43. The minimum atomic E-state index is -0.292. The van der Waals surface area contributed by atoms with Crippen molar-refractivity contribution >= 4 is 17.3 Å². The first-order chi connectivity index (χ1) is 8.60. The van der Waals surface area contributed by atoms with E-state index in [-0.39, 0.29) is 5.91 Å². The number of hydrogen-bond donors (Lipinski definition) is 2. The molecule has 0 aliphatic rings. The van der Waals surface area contributed by atoms with Gasteiger partial charge in [0.15, 0.2) is 0 Å². The summed E-state index contributed by atoms with van der Waals surface area (Å²) in [6.45, 7) is 3.40. The van der Waals surface area contributed by atoms with Crippen molar-refractivity contribution in [2.45, 2.75) is 0 Å². The zero-order valence-corrected chi connectivity index (χ0v) is 10.1. The van der Waals surface area contributed by atoms with Gasteiger partial charge >= 0.3 is 0 Å². The fourth-order valence-electron chi connectivity index (χ4n) is 1.58. The largest absolute Gasteiger partial charge is 0.397 e. The van der Waals surface area contributed by atoms with Crippen molar-refractivity contribution in [3.63, 3.8) is 0 Å². The molecule has 1 aromatic heterocycles. The molecule has 18 heavy (non-hydrogen) atoms. The molecule has 1 aromatic carbocycles. The van der Waals surface area contributed by atoms with Crippen LogP contribution >= 0.6 is 0 Å². The van der Waals surface area contributed by atoms with Gasteiger partial charge in [-0.05, 0) is 24.3 Å². The van der Waals surface area contributed by atoms with E-state index in [1.165, 1.54) is 6.08 Å². The van der Waals surface area contributed by atoms with Gasteiger partial charge in [0.25, 0.3) is 0 Å². The predicted octanol–water partition coefficient (Wildman–Crippen LogP) is 1.79. The molecular formula is C13H14N4O. The van der Waals surface area contributed by atoms with Crippen molar-refractivity contribution in [1.29, 1.82) is 0 Å². The molecule has 5 nitrogen and oxygen atoms in total. The molecular weight excluding hydrogens is 228 g/mol. The summed E-state index contributed by atoms with van der Waals surface area (Å²) < 4.78 is 1.72. The molecule has 0 aliphatic heterocycles. The lowest BCUT2D eigenvalue weighted by Gasteiger charge is -2.07. The lowest BCUT2D eigenvalue weighted by molar-refractivity contribution is -0.111. The number of hydrogen-bond acceptors (Lipinski definition) is 3. The summed E-state index contributed by atoms with van der Waals surface area (Å²) in [6.07, 6.45) is 3.06. The van der Waals surface area contributed by atoms with Crippen LogP contribution in [0.5, 0.6) is 0 Å². The Morgan fingerprint density at radius 3 is 2.89 bits per heavy atom. The maximum absolute atomic E-state index is 11.3. The van der Waals surface area contributed by atoms with Gasteiger partial charge in [-0.25, -0.2) is 0 Å². The minimum Gasteiger partial charge on any atom is -0.397 e. The summed E-state index contributed by atoms with van der Waals surface area (Å²) in [5.41, 5.74) is 8.58. The van der Waals surface area contributed by atoms with Gasteiger partial charge in [0.2, 0.25) is 5.91 Å². The standard InChI is InChI=1S/C13H14N4O/c1-3-13(18)15-12-8-9(4-5-10(12)14)11-6-7-17(2)16-11/h3-8H,1,14H2,2H3,(H,15,18). The van der Waals surface area contributed by atoms with E-state index in [2.05, 4.69) is 17.0 Å². The summed E-state index contributed by atoms with van der Waals surface area (Å²) in [5, 5.41) is 6.95. The molecule has 0 saturated heterocycles. The monoisotopic (exact) mass is 242 g/mol. The Morgan fingerprint density at radius 2 is 2.28 bits per heavy atom. The number of nitrogens with one attached hydrogen (secondary N) is 1. The third-order valence-electron chi connectivity index (χ3n) is 2.51. The number of nitrogens with zero attached hydrogens (tertiary/aromatic N) is 2. The van der Waals surface area contributed by atoms with Gasteiger partial charge in [0, 0.05) is 18.8 Å². The molecule has 0 unspecified atom stereocenters. The Bertz CT molecular complexity index is 601. The van der Waals surface area contributed by atoms with Gasteiger partial charge in [-0.2, -0.15) is 5.10 Å². The second-order valence-corrected chi connectivity index (χ2v) is 3.87. The van der Waals surface area contributed by atoms with Crippen molar-refractivity contribution in [2.75, 3.05) is 11.1 Å². The normalized spacial score (nSPS) is 10.1. The first-order valence-corrected chi connectivity index (χ1v) is 5.43. The fourth-order valence-corrected chi connectivity index (χ4v) is 1.58. The van der Waals surface area contributed by atoms with Crippen LogP contribution in [-0.4, -0.2) is 15.7 Å². The minimum absolute atomic E-state index is 0.292.